The molecule has 0 radical (unpaired) electrons. The fourth-order valence-corrected chi connectivity index (χ4v) is 3.06. The van der Waals surface area contributed by atoms with E-state index < -0.39 is 12.8 Å². The predicted octanol–water partition coefficient (Wildman–Crippen LogP) is 2.56. The van der Waals surface area contributed by atoms with Crippen LogP contribution in [0.2, 0.25) is 0 Å². The van der Waals surface area contributed by atoms with Gasteiger partial charge in [0.15, 0.2) is 12.6 Å². The largest absolute Gasteiger partial charge is 0.468 e. The minimum Gasteiger partial charge on any atom is -0.468 e. The van der Waals surface area contributed by atoms with Crippen molar-refractivity contribution in [3.05, 3.63) is 23.9 Å². The maximum absolute atomic E-state index is 12.4. The zero-order valence-electron chi connectivity index (χ0n) is 16.5. The molecular weight excluding hydrogens is 502 g/mol. The Morgan fingerprint density at radius 1 is 1.38 bits per heavy atom. The third kappa shape index (κ3) is 8.62. The molecular formula is C18H27F3IN5O2. The number of halogens is 4. The number of aromatic nitrogens is 1. The van der Waals surface area contributed by atoms with E-state index in [0.717, 1.165) is 25.9 Å². The number of alkyl halides is 3. The van der Waals surface area contributed by atoms with Crippen molar-refractivity contribution in [1.82, 2.24) is 20.5 Å². The van der Waals surface area contributed by atoms with Crippen molar-refractivity contribution < 1.29 is 22.7 Å². The molecule has 11 heteroatoms. The molecule has 0 aliphatic carbocycles. The summed E-state index contributed by atoms with van der Waals surface area (Å²) in [6, 6.07) is 3.30. The van der Waals surface area contributed by atoms with Crippen molar-refractivity contribution >= 4 is 35.8 Å². The van der Waals surface area contributed by atoms with Crippen molar-refractivity contribution in [2.24, 2.45) is 10.9 Å². The number of hydrogen-bond donors (Lipinski definition) is 2. The summed E-state index contributed by atoms with van der Waals surface area (Å²) in [5, 5.41) is 5.80. The van der Waals surface area contributed by atoms with Crippen molar-refractivity contribution in [2.75, 3.05) is 33.8 Å². The lowest BCUT2D eigenvalue weighted by atomic mass is 9.93. The fraction of sp³-hybridized carbons (Fsp3) is 0.611. The number of amides is 1. The summed E-state index contributed by atoms with van der Waals surface area (Å²) in [7, 11) is 3.29. The lowest BCUT2D eigenvalue weighted by Crippen LogP contribution is -2.45. The molecule has 2 heterocycles. The highest BCUT2D eigenvalue weighted by molar-refractivity contribution is 14.0. The molecule has 0 aromatic carbocycles. The standard InChI is InChI=1S/C18H26F3N5O2.HI/c1-22-15(27)10-13-5-8-26(9-6-13)17(23-2)25-11-14-4-3-7-24-16(14)28-12-18(19,20)21;/h3-4,7,13H,5-6,8-12H2,1-2H3,(H,22,27)(H,23,25);1H. The summed E-state index contributed by atoms with van der Waals surface area (Å²) in [5.41, 5.74) is 0.516. The predicted molar refractivity (Wildman–Crippen MR) is 114 cm³/mol. The summed E-state index contributed by atoms with van der Waals surface area (Å²) >= 11 is 0. The number of ether oxygens (including phenoxy) is 1. The zero-order valence-corrected chi connectivity index (χ0v) is 18.8. The van der Waals surface area contributed by atoms with Crippen LogP contribution in [-0.2, 0) is 11.3 Å². The number of rotatable bonds is 6. The Bertz CT molecular complexity index is 680. The van der Waals surface area contributed by atoms with Gasteiger partial charge < -0.3 is 20.3 Å². The number of hydrogen-bond acceptors (Lipinski definition) is 4. The third-order valence-corrected chi connectivity index (χ3v) is 4.54. The topological polar surface area (TPSA) is 78.9 Å². The van der Waals surface area contributed by atoms with E-state index >= 15 is 0 Å². The second-order valence-corrected chi connectivity index (χ2v) is 6.58. The normalized spacial score (nSPS) is 15.5. The molecule has 0 bridgehead atoms. The van der Waals surface area contributed by atoms with E-state index in [4.69, 9.17) is 4.74 Å². The van der Waals surface area contributed by atoms with Gasteiger partial charge in [-0.25, -0.2) is 4.98 Å². The maximum Gasteiger partial charge on any atom is 0.422 e. The average Bonchev–Trinajstić information content (AvgIpc) is 2.68. The lowest BCUT2D eigenvalue weighted by molar-refractivity contribution is -0.154. The monoisotopic (exact) mass is 529 g/mol. The second-order valence-electron chi connectivity index (χ2n) is 6.58. The lowest BCUT2D eigenvalue weighted by Gasteiger charge is -2.34. The van der Waals surface area contributed by atoms with Crippen LogP contribution in [0.25, 0.3) is 0 Å². The molecule has 1 aromatic heterocycles. The molecule has 7 nitrogen and oxygen atoms in total. The summed E-state index contributed by atoms with van der Waals surface area (Å²) in [4.78, 5) is 21.7. The number of nitrogens with zero attached hydrogens (tertiary/aromatic N) is 3. The molecule has 164 valence electrons. The van der Waals surface area contributed by atoms with Crippen molar-refractivity contribution in [1.29, 1.82) is 0 Å². The fourth-order valence-electron chi connectivity index (χ4n) is 3.06. The summed E-state index contributed by atoms with van der Waals surface area (Å²) < 4.78 is 42.0. The minimum atomic E-state index is -4.42. The first-order valence-corrected chi connectivity index (χ1v) is 9.12. The van der Waals surface area contributed by atoms with E-state index in [0.29, 0.717) is 23.9 Å². The van der Waals surface area contributed by atoms with Gasteiger partial charge in [0.05, 0.1) is 0 Å². The van der Waals surface area contributed by atoms with Gasteiger partial charge in [0.2, 0.25) is 11.8 Å². The van der Waals surface area contributed by atoms with Crippen LogP contribution in [0.15, 0.2) is 23.3 Å². The van der Waals surface area contributed by atoms with Gasteiger partial charge in [-0.1, -0.05) is 6.07 Å². The average molecular weight is 529 g/mol. The zero-order chi connectivity index (χ0) is 20.6. The molecule has 1 saturated heterocycles. The molecule has 2 N–H and O–H groups in total. The van der Waals surface area contributed by atoms with Crippen LogP contribution in [0, 0.1) is 5.92 Å². The van der Waals surface area contributed by atoms with Crippen molar-refractivity contribution in [2.45, 2.75) is 32.0 Å². The van der Waals surface area contributed by atoms with Crippen molar-refractivity contribution in [3.63, 3.8) is 0 Å². The van der Waals surface area contributed by atoms with Crippen molar-refractivity contribution in [3.8, 4) is 5.88 Å². The van der Waals surface area contributed by atoms with Crippen LogP contribution < -0.4 is 15.4 Å². The van der Waals surface area contributed by atoms with Gasteiger partial charge in [0.25, 0.3) is 0 Å². The van der Waals surface area contributed by atoms with Crippen LogP contribution >= 0.6 is 24.0 Å². The summed E-state index contributed by atoms with van der Waals surface area (Å²) in [6.45, 7) is 0.369. The molecule has 1 fully saturated rings. The highest BCUT2D eigenvalue weighted by atomic mass is 127. The number of pyridine rings is 1. The number of nitrogens with one attached hydrogen (secondary N) is 2. The molecule has 0 saturated carbocycles. The number of likely N-dealkylation sites (tertiary alicyclic amines) is 1. The van der Waals surface area contributed by atoms with E-state index in [1.54, 1.807) is 26.2 Å². The van der Waals surface area contributed by atoms with E-state index in [1.807, 2.05) is 0 Å². The molecule has 1 aliphatic heterocycles. The number of piperidine rings is 1. The Kier molecular flexibility index (Phi) is 10.5. The molecule has 2 rings (SSSR count). The van der Waals surface area contributed by atoms with Crippen LogP contribution in [0.3, 0.4) is 0 Å². The number of aliphatic imine (C=N–C) groups is 1. The Morgan fingerprint density at radius 3 is 2.66 bits per heavy atom. The van der Waals surface area contributed by atoms with Crippen LogP contribution in [-0.4, -0.2) is 61.7 Å². The van der Waals surface area contributed by atoms with Crippen LogP contribution in [0.1, 0.15) is 24.8 Å². The van der Waals surface area contributed by atoms with Crippen LogP contribution in [0.4, 0.5) is 13.2 Å². The summed E-state index contributed by atoms with van der Waals surface area (Å²) in [6.07, 6.45) is -0.758. The first kappa shape index (κ1) is 25.2. The molecule has 0 spiro atoms. The van der Waals surface area contributed by atoms with E-state index in [9.17, 15) is 18.0 Å². The highest BCUT2D eigenvalue weighted by Gasteiger charge is 2.29. The summed E-state index contributed by atoms with van der Waals surface area (Å²) in [5.74, 6) is 0.995. The maximum atomic E-state index is 12.4. The van der Waals surface area contributed by atoms with Gasteiger partial charge in [-0.05, 0) is 24.8 Å². The Morgan fingerprint density at radius 2 is 2.07 bits per heavy atom. The minimum absolute atomic E-state index is 0. The molecule has 1 aliphatic rings. The van der Waals surface area contributed by atoms with Gasteiger partial charge in [-0.15, -0.1) is 24.0 Å². The Balaban J connectivity index is 0.00000420. The third-order valence-electron chi connectivity index (χ3n) is 4.54. The smallest absolute Gasteiger partial charge is 0.422 e. The Labute approximate surface area is 185 Å². The van der Waals surface area contributed by atoms with Gasteiger partial charge >= 0.3 is 6.18 Å². The van der Waals surface area contributed by atoms with Gasteiger partial charge in [0.1, 0.15) is 0 Å². The number of guanidine groups is 1. The van der Waals surface area contributed by atoms with E-state index in [2.05, 4.69) is 25.5 Å². The molecule has 29 heavy (non-hydrogen) atoms. The first-order chi connectivity index (χ1) is 13.3. The van der Waals surface area contributed by atoms with Gasteiger partial charge in [0, 0.05) is 51.9 Å². The highest BCUT2D eigenvalue weighted by Crippen LogP contribution is 2.22. The van der Waals surface area contributed by atoms with Crippen LogP contribution in [0.5, 0.6) is 5.88 Å². The number of carbonyl (C=O) groups is 1. The molecule has 1 aromatic rings. The number of carbonyl (C=O) groups excluding carboxylic acids is 1. The van der Waals surface area contributed by atoms with E-state index in [1.165, 1.54) is 6.20 Å². The van der Waals surface area contributed by atoms with Gasteiger partial charge in [-0.3, -0.25) is 9.79 Å². The Hall–Kier alpha value is -1.79. The first-order valence-electron chi connectivity index (χ1n) is 9.12. The molecule has 1 amide bonds. The van der Waals surface area contributed by atoms with Gasteiger partial charge in [-0.2, -0.15) is 13.2 Å². The van der Waals surface area contributed by atoms with E-state index in [-0.39, 0.29) is 42.3 Å². The SMILES string of the molecule is CN=C(NCc1cccnc1OCC(F)(F)F)N1CCC(CC(=O)NC)CC1.I. The molecule has 0 unspecified atom stereocenters. The second kappa shape index (κ2) is 12.0. The quantitative estimate of drug-likeness (QED) is 0.337. The molecule has 0 atom stereocenters.